The third kappa shape index (κ3) is 5.75. The van der Waals surface area contributed by atoms with E-state index < -0.39 is 17.8 Å². The molecule has 2 aromatic carbocycles. The number of hydrogen-bond acceptors (Lipinski definition) is 5. The quantitative estimate of drug-likeness (QED) is 0.377. The van der Waals surface area contributed by atoms with Gasteiger partial charge in [0.15, 0.2) is 0 Å². The predicted molar refractivity (Wildman–Crippen MR) is 122 cm³/mol. The zero-order valence-electron chi connectivity index (χ0n) is 18.2. The lowest BCUT2D eigenvalue weighted by atomic mass is 10.2. The summed E-state index contributed by atoms with van der Waals surface area (Å²) in [7, 11) is 1.79. The number of aromatic nitrogens is 3. The van der Waals surface area contributed by atoms with E-state index >= 15 is 0 Å². The van der Waals surface area contributed by atoms with Crippen LogP contribution in [0.5, 0.6) is 11.5 Å². The lowest BCUT2D eigenvalue weighted by Crippen LogP contribution is -2.20. The van der Waals surface area contributed by atoms with Crippen molar-refractivity contribution in [3.8, 4) is 28.8 Å². The van der Waals surface area contributed by atoms with Crippen molar-refractivity contribution in [1.82, 2.24) is 14.8 Å². The van der Waals surface area contributed by atoms with Crippen molar-refractivity contribution in [2.45, 2.75) is 6.18 Å². The third-order valence-electron chi connectivity index (χ3n) is 4.80. The number of pyridine rings is 1. The van der Waals surface area contributed by atoms with Crippen LogP contribution in [0.4, 0.5) is 29.3 Å². The van der Waals surface area contributed by atoms with E-state index in [1.54, 1.807) is 42.3 Å². The molecule has 4 rings (SSSR count). The van der Waals surface area contributed by atoms with Gasteiger partial charge in [0, 0.05) is 42.8 Å². The van der Waals surface area contributed by atoms with Gasteiger partial charge in [-0.1, -0.05) is 0 Å². The van der Waals surface area contributed by atoms with Gasteiger partial charge >= 0.3 is 12.2 Å². The Kier molecular flexibility index (Phi) is 6.37. The summed E-state index contributed by atoms with van der Waals surface area (Å²) in [6.45, 7) is 0. The summed E-state index contributed by atoms with van der Waals surface area (Å²) in [5.41, 5.74) is 1.12. The normalized spacial score (nSPS) is 10.9. The molecule has 35 heavy (non-hydrogen) atoms. The number of rotatable bonds is 5. The Labute approximate surface area is 197 Å². The van der Waals surface area contributed by atoms with Gasteiger partial charge in [0.2, 0.25) is 0 Å². The second-order valence-corrected chi connectivity index (χ2v) is 7.35. The molecule has 0 aliphatic carbocycles. The van der Waals surface area contributed by atoms with Crippen molar-refractivity contribution in [2.75, 3.05) is 10.6 Å². The monoisotopic (exact) mass is 478 g/mol. The topological polar surface area (TPSA) is 105 Å². The second-order valence-electron chi connectivity index (χ2n) is 7.35. The molecule has 0 saturated heterocycles. The molecule has 0 saturated carbocycles. The van der Waals surface area contributed by atoms with Crippen LogP contribution in [-0.2, 0) is 13.2 Å². The van der Waals surface area contributed by atoms with Gasteiger partial charge in [-0.25, -0.2) is 4.79 Å². The Bertz CT molecular complexity index is 1410. The molecule has 0 radical (unpaired) electrons. The fourth-order valence-electron chi connectivity index (χ4n) is 3.14. The zero-order chi connectivity index (χ0) is 25.0. The first-order valence-corrected chi connectivity index (χ1v) is 10.1. The van der Waals surface area contributed by atoms with Crippen molar-refractivity contribution in [1.29, 1.82) is 5.26 Å². The second kappa shape index (κ2) is 9.56. The number of urea groups is 1. The van der Waals surface area contributed by atoms with E-state index in [9.17, 15) is 23.2 Å². The molecule has 0 bridgehead atoms. The number of hydrogen-bond donors (Lipinski definition) is 2. The molecule has 2 amide bonds. The number of nitriles is 1. The number of halogens is 3. The zero-order valence-corrected chi connectivity index (χ0v) is 18.2. The van der Waals surface area contributed by atoms with E-state index in [2.05, 4.69) is 20.7 Å². The molecule has 0 aliphatic heterocycles. The molecule has 2 aromatic heterocycles. The highest BCUT2D eigenvalue weighted by atomic mass is 19.4. The first-order chi connectivity index (χ1) is 16.7. The highest BCUT2D eigenvalue weighted by Gasteiger charge is 2.30. The van der Waals surface area contributed by atoms with Gasteiger partial charge in [-0.15, -0.1) is 0 Å². The number of carbonyl (C=O) groups excluding carboxylic acids is 1. The van der Waals surface area contributed by atoms with Crippen LogP contribution in [0.1, 0.15) is 11.1 Å². The van der Waals surface area contributed by atoms with Crippen LogP contribution in [0, 0.1) is 11.3 Å². The molecular weight excluding hydrogens is 461 g/mol. The molecule has 4 aromatic rings. The van der Waals surface area contributed by atoms with Crippen molar-refractivity contribution in [2.24, 2.45) is 7.05 Å². The number of aryl methyl sites for hydroxylation is 1. The SMILES string of the molecule is Cn1cc(-c2cc(Oc3ccc(C#N)c(NC(=O)Nc4ccc(C(F)(F)F)cc4)c3)ccn2)cn1. The molecular formula is C24H17F3N6O2. The van der Waals surface area contributed by atoms with Gasteiger partial charge in [0.1, 0.15) is 17.6 Å². The van der Waals surface area contributed by atoms with E-state index in [0.29, 0.717) is 17.2 Å². The maximum absolute atomic E-state index is 12.7. The molecule has 0 atom stereocenters. The first kappa shape index (κ1) is 23.3. The van der Waals surface area contributed by atoms with Crippen molar-refractivity contribution in [3.63, 3.8) is 0 Å². The van der Waals surface area contributed by atoms with Crippen LogP contribution in [-0.4, -0.2) is 20.8 Å². The van der Waals surface area contributed by atoms with Crippen molar-refractivity contribution >= 4 is 17.4 Å². The Balaban J connectivity index is 1.48. The molecule has 2 heterocycles. The highest BCUT2D eigenvalue weighted by molar-refractivity contribution is 6.00. The molecule has 0 unspecified atom stereocenters. The highest BCUT2D eigenvalue weighted by Crippen LogP contribution is 2.31. The maximum Gasteiger partial charge on any atom is 0.416 e. The molecule has 8 nitrogen and oxygen atoms in total. The van der Waals surface area contributed by atoms with Crippen LogP contribution in [0.2, 0.25) is 0 Å². The number of carbonyl (C=O) groups is 1. The standard InChI is InChI=1S/C24H17F3N6O2/c1-33-14-16(13-30-33)21-10-20(8-9-29-21)35-19-7-2-15(12-28)22(11-19)32-23(34)31-18-5-3-17(4-6-18)24(25,26)27/h2-11,13-14H,1H3,(H2,31,32,34). The van der Waals surface area contributed by atoms with Crippen LogP contribution in [0.25, 0.3) is 11.3 Å². The summed E-state index contributed by atoms with van der Waals surface area (Å²) in [5, 5.41) is 18.5. The van der Waals surface area contributed by atoms with Gasteiger partial charge in [0.05, 0.1) is 28.7 Å². The summed E-state index contributed by atoms with van der Waals surface area (Å²) in [5.74, 6) is 0.820. The summed E-state index contributed by atoms with van der Waals surface area (Å²) in [4.78, 5) is 16.7. The van der Waals surface area contributed by atoms with E-state index in [0.717, 1.165) is 29.8 Å². The molecule has 0 aliphatic rings. The average molecular weight is 478 g/mol. The Morgan fingerprint density at radius 2 is 1.80 bits per heavy atom. The Hall–Kier alpha value is -4.85. The minimum atomic E-state index is -4.48. The van der Waals surface area contributed by atoms with Crippen molar-refractivity contribution < 1.29 is 22.7 Å². The number of alkyl halides is 3. The molecule has 0 spiro atoms. The number of nitrogens with one attached hydrogen (secondary N) is 2. The fourth-order valence-corrected chi connectivity index (χ4v) is 3.14. The Morgan fingerprint density at radius 3 is 2.46 bits per heavy atom. The predicted octanol–water partition coefficient (Wildman–Crippen LogP) is 5.81. The third-order valence-corrected chi connectivity index (χ3v) is 4.80. The largest absolute Gasteiger partial charge is 0.457 e. The fraction of sp³-hybridized carbons (Fsp3) is 0.0833. The molecule has 176 valence electrons. The Morgan fingerprint density at radius 1 is 1.06 bits per heavy atom. The van der Waals surface area contributed by atoms with E-state index in [-0.39, 0.29) is 16.9 Å². The number of ether oxygens (including phenoxy) is 1. The number of benzene rings is 2. The average Bonchev–Trinajstić information content (AvgIpc) is 3.25. The van der Waals surface area contributed by atoms with Gasteiger partial charge in [0.25, 0.3) is 0 Å². The van der Waals surface area contributed by atoms with E-state index in [1.807, 2.05) is 12.3 Å². The maximum atomic E-state index is 12.7. The molecule has 2 N–H and O–H groups in total. The molecule has 11 heteroatoms. The number of amides is 2. The van der Waals surface area contributed by atoms with Gasteiger partial charge < -0.3 is 15.4 Å². The van der Waals surface area contributed by atoms with Gasteiger partial charge in [-0.3, -0.25) is 9.67 Å². The first-order valence-electron chi connectivity index (χ1n) is 10.1. The lowest BCUT2D eigenvalue weighted by molar-refractivity contribution is -0.137. The summed E-state index contributed by atoms with van der Waals surface area (Å²) in [6.07, 6.45) is 0.588. The van der Waals surface area contributed by atoms with Crippen molar-refractivity contribution in [3.05, 3.63) is 84.3 Å². The smallest absolute Gasteiger partial charge is 0.416 e. The summed E-state index contributed by atoms with van der Waals surface area (Å²) >= 11 is 0. The van der Waals surface area contributed by atoms with Gasteiger partial charge in [-0.2, -0.15) is 23.5 Å². The minimum Gasteiger partial charge on any atom is -0.457 e. The lowest BCUT2D eigenvalue weighted by Gasteiger charge is -2.12. The summed E-state index contributed by atoms with van der Waals surface area (Å²) in [6, 6.07) is 13.1. The van der Waals surface area contributed by atoms with Crippen LogP contribution >= 0.6 is 0 Å². The summed E-state index contributed by atoms with van der Waals surface area (Å²) < 4.78 is 45.7. The number of anilines is 2. The molecule has 0 fully saturated rings. The van der Waals surface area contributed by atoms with Gasteiger partial charge in [-0.05, 0) is 42.5 Å². The number of nitrogens with zero attached hydrogens (tertiary/aromatic N) is 4. The van der Waals surface area contributed by atoms with E-state index in [1.165, 1.54) is 12.1 Å². The minimum absolute atomic E-state index is 0.154. The van der Waals surface area contributed by atoms with Crippen LogP contribution < -0.4 is 15.4 Å². The van der Waals surface area contributed by atoms with Crippen LogP contribution in [0.3, 0.4) is 0 Å². The van der Waals surface area contributed by atoms with E-state index in [4.69, 9.17) is 4.74 Å². The van der Waals surface area contributed by atoms with Crippen LogP contribution in [0.15, 0.2) is 73.2 Å².